The zero-order chi connectivity index (χ0) is 7.82. The maximum absolute atomic E-state index is 8.63. The summed E-state index contributed by atoms with van der Waals surface area (Å²) in [6.45, 7) is 0. The topological polar surface area (TPSA) is 57.5 Å². The Morgan fingerprint density at radius 3 is 1.80 bits per heavy atom. The molecule has 0 saturated carbocycles. The second-order valence-electron chi connectivity index (χ2n) is 1.42. The number of phenolic OH excluding ortho intramolecular Hbond substituents is 1. The Bertz CT molecular complexity index is 176. The lowest BCUT2D eigenvalue weighted by Crippen LogP contribution is -1.56. The van der Waals surface area contributed by atoms with E-state index >= 15 is 0 Å². The van der Waals surface area contributed by atoms with Crippen LogP contribution in [0.4, 0.5) is 0 Å². The molecule has 2 N–H and O–H groups in total. The van der Waals surface area contributed by atoms with Gasteiger partial charge in [-0.3, -0.25) is 0 Å². The van der Waals surface area contributed by atoms with Gasteiger partial charge in [-0.25, -0.2) is 4.57 Å². The molecule has 0 heterocycles. The maximum Gasteiger partial charge on any atom is 0.324 e. The Morgan fingerprint density at radius 1 is 1.20 bits per heavy atom. The molecule has 0 saturated heterocycles. The molecule has 0 amide bonds. The van der Waals surface area contributed by atoms with Gasteiger partial charge < -0.3 is 10.00 Å². The van der Waals surface area contributed by atoms with E-state index in [9.17, 15) is 0 Å². The lowest BCUT2D eigenvalue weighted by Gasteiger charge is -1.82. The number of aromatic hydroxyl groups is 1. The van der Waals surface area contributed by atoms with Crippen LogP contribution in [0.1, 0.15) is 0 Å². The summed E-state index contributed by atoms with van der Waals surface area (Å²) in [7, 11) is -0.833. The fourth-order valence-electron chi connectivity index (χ4n) is 0.428. The van der Waals surface area contributed by atoms with Crippen LogP contribution in [0.2, 0.25) is 0 Å². The second kappa shape index (κ2) is 6.20. The van der Waals surface area contributed by atoms with E-state index < -0.39 is 8.69 Å². The van der Waals surface area contributed by atoms with Gasteiger partial charge in [-0.2, -0.15) is 0 Å². The van der Waals surface area contributed by atoms with Crippen LogP contribution < -0.4 is 0 Å². The van der Waals surface area contributed by atoms with Gasteiger partial charge in [0.25, 0.3) is 0 Å². The summed E-state index contributed by atoms with van der Waals surface area (Å²) in [6.07, 6.45) is 0. The van der Waals surface area contributed by atoms with Crippen LogP contribution >= 0.6 is 8.69 Å². The summed E-state index contributed by atoms with van der Waals surface area (Å²) in [5, 5.41) is 8.63. The van der Waals surface area contributed by atoms with Crippen molar-refractivity contribution >= 4 is 8.69 Å². The molecule has 3 nitrogen and oxygen atoms in total. The average Bonchev–Trinajstić information content (AvgIpc) is 1.91. The highest BCUT2D eigenvalue weighted by molar-refractivity contribution is 7.16. The lowest BCUT2D eigenvalue weighted by molar-refractivity contribution is 0.475. The van der Waals surface area contributed by atoms with Crippen molar-refractivity contribution in [3.05, 3.63) is 30.3 Å². The Balaban J connectivity index is 0.000000236. The molecular weight excluding hydrogens is 151 g/mol. The SMILES string of the molecule is O=PO.Oc1ccccc1. The van der Waals surface area contributed by atoms with Gasteiger partial charge in [0.2, 0.25) is 0 Å². The lowest BCUT2D eigenvalue weighted by atomic mass is 10.3. The van der Waals surface area contributed by atoms with Crippen LogP contribution in [0.15, 0.2) is 30.3 Å². The minimum atomic E-state index is -0.833. The van der Waals surface area contributed by atoms with Crippen molar-refractivity contribution in [1.29, 1.82) is 0 Å². The zero-order valence-electron chi connectivity index (χ0n) is 5.14. The summed E-state index contributed by atoms with van der Waals surface area (Å²) in [6, 6.07) is 8.71. The van der Waals surface area contributed by atoms with E-state index in [1.807, 2.05) is 6.07 Å². The molecule has 0 bridgehead atoms. The molecule has 1 aromatic carbocycles. The molecule has 0 spiro atoms. The molecule has 10 heavy (non-hydrogen) atoms. The minimum Gasteiger partial charge on any atom is -0.508 e. The summed E-state index contributed by atoms with van der Waals surface area (Å²) < 4.78 is 8.46. The number of hydrogen-bond acceptors (Lipinski definition) is 2. The number of hydrogen-bond donors (Lipinski definition) is 2. The molecule has 0 aliphatic rings. The molecule has 0 radical (unpaired) electrons. The van der Waals surface area contributed by atoms with E-state index in [4.69, 9.17) is 14.6 Å². The fourth-order valence-corrected chi connectivity index (χ4v) is 0.428. The van der Waals surface area contributed by atoms with E-state index in [-0.39, 0.29) is 0 Å². The third-order valence-corrected chi connectivity index (χ3v) is 0.756. The summed E-state index contributed by atoms with van der Waals surface area (Å²) in [5.74, 6) is 0.322. The van der Waals surface area contributed by atoms with E-state index in [2.05, 4.69) is 0 Å². The normalized spacial score (nSPS) is 8.10. The predicted molar refractivity (Wildman–Crippen MR) is 37.9 cm³/mol. The second-order valence-corrected chi connectivity index (χ2v) is 1.58. The summed E-state index contributed by atoms with van der Waals surface area (Å²) in [4.78, 5) is 6.99. The molecule has 0 unspecified atom stereocenters. The number of para-hydroxylation sites is 1. The van der Waals surface area contributed by atoms with Gasteiger partial charge in [0, 0.05) is 0 Å². The van der Waals surface area contributed by atoms with E-state index in [0.717, 1.165) is 0 Å². The van der Waals surface area contributed by atoms with E-state index in [1.165, 1.54) is 0 Å². The van der Waals surface area contributed by atoms with Crippen LogP contribution in [0.25, 0.3) is 0 Å². The zero-order valence-corrected chi connectivity index (χ0v) is 6.03. The first kappa shape index (κ1) is 9.08. The van der Waals surface area contributed by atoms with Gasteiger partial charge >= 0.3 is 8.69 Å². The Kier molecular flexibility index (Phi) is 5.63. The highest BCUT2D eigenvalue weighted by Crippen LogP contribution is 2.02. The van der Waals surface area contributed by atoms with Crippen molar-refractivity contribution in [3.63, 3.8) is 0 Å². The smallest absolute Gasteiger partial charge is 0.324 e. The van der Waals surface area contributed by atoms with Crippen molar-refractivity contribution in [3.8, 4) is 5.75 Å². The Morgan fingerprint density at radius 2 is 1.60 bits per heavy atom. The van der Waals surface area contributed by atoms with Crippen LogP contribution in [0.5, 0.6) is 5.75 Å². The van der Waals surface area contributed by atoms with E-state index in [1.54, 1.807) is 24.3 Å². The van der Waals surface area contributed by atoms with Crippen molar-refractivity contribution in [2.24, 2.45) is 0 Å². The summed E-state index contributed by atoms with van der Waals surface area (Å²) in [5.41, 5.74) is 0. The van der Waals surface area contributed by atoms with Crippen molar-refractivity contribution in [2.75, 3.05) is 0 Å². The standard InChI is InChI=1S/C6H6O.HO2P/c7-6-4-2-1-3-5-6;1-3-2/h1-5,7H;(H,1,2). The molecule has 4 heteroatoms. The molecule has 54 valence electrons. The van der Waals surface area contributed by atoms with Gasteiger partial charge in [0.15, 0.2) is 0 Å². The van der Waals surface area contributed by atoms with Gasteiger partial charge in [0.1, 0.15) is 5.75 Å². The third-order valence-electron chi connectivity index (χ3n) is 0.756. The van der Waals surface area contributed by atoms with Gasteiger partial charge in [0.05, 0.1) is 0 Å². The predicted octanol–water partition coefficient (Wildman–Crippen LogP) is 1.58. The van der Waals surface area contributed by atoms with Gasteiger partial charge in [-0.15, -0.1) is 0 Å². The molecule has 0 aliphatic heterocycles. The van der Waals surface area contributed by atoms with Crippen LogP contribution in [0, 0.1) is 0 Å². The number of phenols is 1. The molecule has 1 rings (SSSR count). The van der Waals surface area contributed by atoms with Gasteiger partial charge in [-0.1, -0.05) is 18.2 Å². The molecule has 1 aromatic rings. The molecule has 0 fully saturated rings. The number of benzene rings is 1. The van der Waals surface area contributed by atoms with Crippen LogP contribution in [0.3, 0.4) is 0 Å². The van der Waals surface area contributed by atoms with Crippen molar-refractivity contribution in [1.82, 2.24) is 0 Å². The fraction of sp³-hybridized carbons (Fsp3) is 0. The molecular formula is C6H7O3P. The van der Waals surface area contributed by atoms with Crippen LogP contribution in [-0.2, 0) is 4.57 Å². The first-order valence-electron chi connectivity index (χ1n) is 2.52. The quantitative estimate of drug-likeness (QED) is 0.563. The molecule has 0 atom stereocenters. The Hall–Kier alpha value is -0.920. The first-order chi connectivity index (χ1) is 4.81. The van der Waals surface area contributed by atoms with Crippen LogP contribution in [-0.4, -0.2) is 10.00 Å². The highest BCUT2D eigenvalue weighted by atomic mass is 31.1. The monoisotopic (exact) mass is 158 g/mol. The van der Waals surface area contributed by atoms with Crippen molar-refractivity contribution < 1.29 is 14.6 Å². The molecule has 0 aliphatic carbocycles. The van der Waals surface area contributed by atoms with Crippen molar-refractivity contribution in [2.45, 2.75) is 0 Å². The Labute approximate surface area is 60.2 Å². The molecule has 0 aromatic heterocycles. The first-order valence-corrected chi connectivity index (χ1v) is 3.28. The number of rotatable bonds is 0. The summed E-state index contributed by atoms with van der Waals surface area (Å²) >= 11 is 0. The third kappa shape index (κ3) is 5.22. The van der Waals surface area contributed by atoms with Gasteiger partial charge in [-0.05, 0) is 12.1 Å². The minimum absolute atomic E-state index is 0.322. The highest BCUT2D eigenvalue weighted by Gasteiger charge is 1.74. The largest absolute Gasteiger partial charge is 0.508 e. The van der Waals surface area contributed by atoms with E-state index in [0.29, 0.717) is 5.75 Å². The average molecular weight is 158 g/mol. The maximum atomic E-state index is 8.63.